The Labute approximate surface area is 97.2 Å². The normalized spacial score (nSPS) is 12.5. The molecular formula is C13H21NS. The molecule has 0 atom stereocenters. The molecule has 1 nitrogen and oxygen atoms in total. The molecule has 1 rings (SSSR count). The van der Waals surface area contributed by atoms with E-state index in [1.807, 2.05) is 0 Å². The Kier molecular flexibility index (Phi) is 5.06. The first-order valence-corrected chi connectivity index (χ1v) is 6.43. The Morgan fingerprint density at radius 1 is 1.33 bits per heavy atom. The maximum absolute atomic E-state index is 3.47. The van der Waals surface area contributed by atoms with E-state index in [1.54, 1.807) is 11.3 Å². The summed E-state index contributed by atoms with van der Waals surface area (Å²) in [5.41, 5.74) is 1.65. The zero-order valence-corrected chi connectivity index (χ0v) is 10.7. The molecule has 0 aliphatic rings. The van der Waals surface area contributed by atoms with E-state index in [-0.39, 0.29) is 5.54 Å². The standard InChI is InChI=1S/C13H21NS/c1-13(2,3)14-9-6-4-5-7-12-8-10-15-11-12/h4-5,8,10-11,14H,6-7,9H2,1-3H3. The van der Waals surface area contributed by atoms with Crippen LogP contribution in [0.3, 0.4) is 0 Å². The van der Waals surface area contributed by atoms with Crippen LogP contribution in [0, 0.1) is 0 Å². The van der Waals surface area contributed by atoms with Gasteiger partial charge < -0.3 is 5.32 Å². The van der Waals surface area contributed by atoms with E-state index in [9.17, 15) is 0 Å². The van der Waals surface area contributed by atoms with Gasteiger partial charge in [-0.2, -0.15) is 11.3 Å². The average molecular weight is 223 g/mol. The van der Waals surface area contributed by atoms with Crippen LogP contribution >= 0.6 is 11.3 Å². The van der Waals surface area contributed by atoms with Gasteiger partial charge in [-0.1, -0.05) is 12.2 Å². The van der Waals surface area contributed by atoms with E-state index in [4.69, 9.17) is 0 Å². The highest BCUT2D eigenvalue weighted by Crippen LogP contribution is 2.07. The molecule has 1 heterocycles. The number of nitrogens with one attached hydrogen (secondary N) is 1. The van der Waals surface area contributed by atoms with Crippen LogP contribution in [0.2, 0.25) is 0 Å². The third kappa shape index (κ3) is 6.47. The number of hydrogen-bond donors (Lipinski definition) is 1. The van der Waals surface area contributed by atoms with Crippen molar-refractivity contribution in [3.63, 3.8) is 0 Å². The van der Waals surface area contributed by atoms with Gasteiger partial charge >= 0.3 is 0 Å². The second-order valence-corrected chi connectivity index (χ2v) is 5.55. The largest absolute Gasteiger partial charge is 0.312 e. The number of rotatable bonds is 5. The van der Waals surface area contributed by atoms with E-state index in [0.29, 0.717) is 0 Å². The summed E-state index contributed by atoms with van der Waals surface area (Å²) < 4.78 is 0. The fourth-order valence-corrected chi connectivity index (χ4v) is 1.96. The Balaban J connectivity index is 2.08. The molecule has 1 aromatic rings. The number of thiophene rings is 1. The summed E-state index contributed by atoms with van der Waals surface area (Å²) in [7, 11) is 0. The fraction of sp³-hybridized carbons (Fsp3) is 0.538. The zero-order chi connectivity index (χ0) is 11.1. The molecule has 0 saturated carbocycles. The Morgan fingerprint density at radius 3 is 2.73 bits per heavy atom. The monoisotopic (exact) mass is 223 g/mol. The van der Waals surface area contributed by atoms with Gasteiger partial charge in [0.05, 0.1) is 0 Å². The van der Waals surface area contributed by atoms with Gasteiger partial charge in [0.25, 0.3) is 0 Å². The molecule has 15 heavy (non-hydrogen) atoms. The van der Waals surface area contributed by atoms with Gasteiger partial charge in [0, 0.05) is 5.54 Å². The minimum Gasteiger partial charge on any atom is -0.312 e. The van der Waals surface area contributed by atoms with Gasteiger partial charge in [-0.05, 0) is 62.5 Å². The third-order valence-electron chi connectivity index (χ3n) is 2.07. The first-order valence-electron chi connectivity index (χ1n) is 5.49. The van der Waals surface area contributed by atoms with Crippen molar-refractivity contribution in [1.29, 1.82) is 0 Å². The first-order chi connectivity index (χ1) is 7.08. The Bertz CT molecular complexity index is 280. The molecule has 0 unspecified atom stereocenters. The van der Waals surface area contributed by atoms with Crippen molar-refractivity contribution in [3.05, 3.63) is 34.5 Å². The number of hydrogen-bond acceptors (Lipinski definition) is 2. The van der Waals surface area contributed by atoms with Crippen LogP contribution in [-0.2, 0) is 6.42 Å². The lowest BCUT2D eigenvalue weighted by Crippen LogP contribution is -2.36. The van der Waals surface area contributed by atoms with Crippen LogP contribution in [0.1, 0.15) is 32.8 Å². The lowest BCUT2D eigenvalue weighted by atomic mass is 10.1. The van der Waals surface area contributed by atoms with Gasteiger partial charge in [-0.3, -0.25) is 0 Å². The lowest BCUT2D eigenvalue weighted by molar-refractivity contribution is 0.431. The maximum Gasteiger partial charge on any atom is 0.00966 e. The van der Waals surface area contributed by atoms with Gasteiger partial charge in [-0.15, -0.1) is 0 Å². The van der Waals surface area contributed by atoms with Crippen molar-refractivity contribution in [3.8, 4) is 0 Å². The molecule has 0 bridgehead atoms. The highest BCUT2D eigenvalue weighted by atomic mass is 32.1. The van der Waals surface area contributed by atoms with Gasteiger partial charge in [0.1, 0.15) is 0 Å². The van der Waals surface area contributed by atoms with Crippen molar-refractivity contribution >= 4 is 11.3 Å². The molecule has 0 saturated heterocycles. The van der Waals surface area contributed by atoms with Crippen LogP contribution in [0.25, 0.3) is 0 Å². The average Bonchev–Trinajstić information content (AvgIpc) is 2.61. The first kappa shape index (κ1) is 12.5. The molecule has 1 N–H and O–H groups in total. The molecule has 0 fully saturated rings. The van der Waals surface area contributed by atoms with Crippen LogP contribution < -0.4 is 5.32 Å². The van der Waals surface area contributed by atoms with E-state index < -0.39 is 0 Å². The van der Waals surface area contributed by atoms with Crippen LogP contribution in [0.4, 0.5) is 0 Å². The van der Waals surface area contributed by atoms with E-state index in [0.717, 1.165) is 19.4 Å². The smallest absolute Gasteiger partial charge is 0.00966 e. The molecule has 0 radical (unpaired) electrons. The van der Waals surface area contributed by atoms with Crippen LogP contribution in [0.15, 0.2) is 29.0 Å². The molecule has 0 spiro atoms. The van der Waals surface area contributed by atoms with Crippen molar-refractivity contribution < 1.29 is 0 Å². The topological polar surface area (TPSA) is 12.0 Å². The summed E-state index contributed by atoms with van der Waals surface area (Å²) in [5.74, 6) is 0. The molecule has 84 valence electrons. The summed E-state index contributed by atoms with van der Waals surface area (Å²) in [5, 5.41) is 7.80. The minimum absolute atomic E-state index is 0.237. The zero-order valence-electron chi connectivity index (χ0n) is 9.92. The second kappa shape index (κ2) is 6.09. The molecule has 0 amide bonds. The van der Waals surface area contributed by atoms with Crippen molar-refractivity contribution in [2.24, 2.45) is 0 Å². The van der Waals surface area contributed by atoms with E-state index in [2.05, 4.69) is 55.1 Å². The number of allylic oxidation sites excluding steroid dienone is 1. The SMILES string of the molecule is CC(C)(C)NCCC=CCc1ccsc1. The second-order valence-electron chi connectivity index (χ2n) is 4.77. The summed E-state index contributed by atoms with van der Waals surface area (Å²) in [6, 6.07) is 2.18. The molecule has 1 aromatic heterocycles. The Hall–Kier alpha value is -0.600. The summed E-state index contributed by atoms with van der Waals surface area (Å²) in [6.07, 6.45) is 6.70. The maximum atomic E-state index is 3.47. The summed E-state index contributed by atoms with van der Waals surface area (Å²) in [4.78, 5) is 0. The molecular weight excluding hydrogens is 202 g/mol. The van der Waals surface area contributed by atoms with Gasteiger partial charge in [-0.25, -0.2) is 0 Å². The highest BCUT2D eigenvalue weighted by molar-refractivity contribution is 7.07. The third-order valence-corrected chi connectivity index (χ3v) is 2.80. The van der Waals surface area contributed by atoms with Crippen molar-refractivity contribution in [2.45, 2.75) is 39.2 Å². The molecule has 0 aliphatic heterocycles. The molecule has 0 aliphatic carbocycles. The van der Waals surface area contributed by atoms with Gasteiger partial charge in [0.15, 0.2) is 0 Å². The fourth-order valence-electron chi connectivity index (χ4n) is 1.28. The van der Waals surface area contributed by atoms with Gasteiger partial charge in [0.2, 0.25) is 0 Å². The Morgan fingerprint density at radius 2 is 2.13 bits per heavy atom. The summed E-state index contributed by atoms with van der Waals surface area (Å²) in [6.45, 7) is 7.65. The minimum atomic E-state index is 0.237. The predicted molar refractivity (Wildman–Crippen MR) is 69.5 cm³/mol. The molecule has 2 heteroatoms. The summed E-state index contributed by atoms with van der Waals surface area (Å²) >= 11 is 1.77. The predicted octanol–water partition coefficient (Wildman–Crippen LogP) is 3.63. The van der Waals surface area contributed by atoms with Crippen LogP contribution in [-0.4, -0.2) is 12.1 Å². The molecule has 0 aromatic carbocycles. The van der Waals surface area contributed by atoms with Crippen molar-refractivity contribution in [2.75, 3.05) is 6.54 Å². The lowest BCUT2D eigenvalue weighted by Gasteiger charge is -2.19. The quantitative estimate of drug-likeness (QED) is 0.594. The van der Waals surface area contributed by atoms with E-state index in [1.165, 1.54) is 5.56 Å². The van der Waals surface area contributed by atoms with E-state index >= 15 is 0 Å². The van der Waals surface area contributed by atoms with Crippen molar-refractivity contribution in [1.82, 2.24) is 5.32 Å². The van der Waals surface area contributed by atoms with Crippen LogP contribution in [0.5, 0.6) is 0 Å². The highest BCUT2D eigenvalue weighted by Gasteiger charge is 2.05.